The average Bonchev–Trinajstić information content (AvgIpc) is 2.40. The molecule has 0 unspecified atom stereocenters. The Balaban J connectivity index is 2.20. The van der Waals surface area contributed by atoms with Gasteiger partial charge in [0, 0.05) is 5.56 Å². The standard InChI is InChI=1S/C15H14N2O2/c1-17(11-13-7-3-5-9-15(13)19)16-10-12-6-2-4-8-14(12)18/h2-11H,1H3,(H,16,18)/p+1. The van der Waals surface area contributed by atoms with Crippen molar-refractivity contribution < 1.29 is 14.9 Å². The lowest BCUT2D eigenvalue weighted by Gasteiger charge is -1.96. The minimum atomic E-state index is 0.183. The lowest BCUT2D eigenvalue weighted by molar-refractivity contribution is -0.496. The number of para-hydroxylation sites is 2. The molecule has 0 spiro atoms. The number of phenolic OH excluding ortho intramolecular Hbond substituents is 2. The molecule has 0 saturated heterocycles. The van der Waals surface area contributed by atoms with Crippen molar-refractivity contribution in [1.29, 1.82) is 0 Å². The molecule has 4 heteroatoms. The first-order valence-corrected chi connectivity index (χ1v) is 5.84. The van der Waals surface area contributed by atoms with Crippen molar-refractivity contribution in [3.05, 3.63) is 59.7 Å². The number of benzene rings is 2. The molecule has 0 atom stereocenters. The molecular formula is C15H15N2O2+. The molecule has 0 aliphatic heterocycles. The number of aromatic hydroxyl groups is 2. The number of hydrogen-bond donors (Lipinski definition) is 2. The molecule has 0 heterocycles. The van der Waals surface area contributed by atoms with E-state index in [1.54, 1.807) is 60.6 Å². The van der Waals surface area contributed by atoms with E-state index in [4.69, 9.17) is 0 Å². The zero-order chi connectivity index (χ0) is 13.7. The summed E-state index contributed by atoms with van der Waals surface area (Å²) in [6.45, 7) is 0. The number of phenols is 2. The van der Waals surface area contributed by atoms with E-state index in [2.05, 4.69) is 5.10 Å². The molecule has 0 amide bonds. The van der Waals surface area contributed by atoms with Crippen LogP contribution in [0.25, 0.3) is 0 Å². The second-order valence-electron chi connectivity index (χ2n) is 4.06. The molecule has 2 aromatic rings. The first-order valence-electron chi connectivity index (χ1n) is 5.84. The normalized spacial score (nSPS) is 11.9. The molecule has 2 rings (SSSR count). The van der Waals surface area contributed by atoms with E-state index in [0.717, 1.165) is 0 Å². The van der Waals surface area contributed by atoms with Crippen molar-refractivity contribution in [1.82, 2.24) is 0 Å². The second kappa shape index (κ2) is 5.82. The Bertz CT molecular complexity index is 634. The van der Waals surface area contributed by atoms with Crippen molar-refractivity contribution in [2.45, 2.75) is 0 Å². The van der Waals surface area contributed by atoms with Crippen LogP contribution in [0.4, 0.5) is 0 Å². The van der Waals surface area contributed by atoms with Gasteiger partial charge >= 0.3 is 0 Å². The highest BCUT2D eigenvalue weighted by atomic mass is 16.3. The van der Waals surface area contributed by atoms with Crippen molar-refractivity contribution in [3.8, 4) is 11.5 Å². The van der Waals surface area contributed by atoms with Gasteiger partial charge in [0.05, 0.1) is 5.56 Å². The van der Waals surface area contributed by atoms with E-state index in [-0.39, 0.29) is 11.5 Å². The van der Waals surface area contributed by atoms with Crippen molar-refractivity contribution in [2.75, 3.05) is 7.05 Å². The molecule has 0 aromatic heterocycles. The Labute approximate surface area is 111 Å². The third kappa shape index (κ3) is 3.42. The second-order valence-corrected chi connectivity index (χ2v) is 4.06. The van der Waals surface area contributed by atoms with Gasteiger partial charge in [0.1, 0.15) is 17.7 Å². The Morgan fingerprint density at radius 3 is 2.00 bits per heavy atom. The molecule has 0 saturated carbocycles. The zero-order valence-corrected chi connectivity index (χ0v) is 10.6. The summed E-state index contributed by atoms with van der Waals surface area (Å²) >= 11 is 0. The quantitative estimate of drug-likeness (QED) is 0.502. The van der Waals surface area contributed by atoms with Crippen LogP contribution >= 0.6 is 0 Å². The lowest BCUT2D eigenvalue weighted by Crippen LogP contribution is -2.00. The Hall–Kier alpha value is -2.62. The molecule has 4 nitrogen and oxygen atoms in total. The molecule has 19 heavy (non-hydrogen) atoms. The van der Waals surface area contributed by atoms with Crippen LogP contribution in [0.5, 0.6) is 11.5 Å². The van der Waals surface area contributed by atoms with Crippen LogP contribution in [0.15, 0.2) is 53.6 Å². The summed E-state index contributed by atoms with van der Waals surface area (Å²) in [6.07, 6.45) is 3.26. The molecule has 0 radical (unpaired) electrons. The van der Waals surface area contributed by atoms with Crippen LogP contribution < -0.4 is 0 Å². The van der Waals surface area contributed by atoms with Crippen LogP contribution in [-0.4, -0.2) is 34.4 Å². The van der Waals surface area contributed by atoms with E-state index in [9.17, 15) is 10.2 Å². The molecule has 0 fully saturated rings. The lowest BCUT2D eigenvalue weighted by atomic mass is 10.2. The highest BCUT2D eigenvalue weighted by Gasteiger charge is 2.02. The van der Waals surface area contributed by atoms with Crippen LogP contribution in [0.2, 0.25) is 0 Å². The summed E-state index contributed by atoms with van der Waals surface area (Å²) in [4.78, 5) is 0. The summed E-state index contributed by atoms with van der Waals surface area (Å²) in [5.74, 6) is 0.384. The topological polar surface area (TPSA) is 55.8 Å². The van der Waals surface area contributed by atoms with Crippen LogP contribution in [0.1, 0.15) is 11.1 Å². The van der Waals surface area contributed by atoms with Crippen LogP contribution in [-0.2, 0) is 0 Å². The summed E-state index contributed by atoms with van der Waals surface area (Å²) in [6, 6.07) is 14.0. The molecule has 0 bridgehead atoms. The first kappa shape index (κ1) is 12.8. The largest absolute Gasteiger partial charge is 0.507 e. The molecular weight excluding hydrogens is 240 g/mol. The maximum absolute atomic E-state index is 9.64. The summed E-state index contributed by atoms with van der Waals surface area (Å²) in [7, 11) is 1.75. The van der Waals surface area contributed by atoms with E-state index >= 15 is 0 Å². The number of hydrazone groups is 1. The summed E-state index contributed by atoms with van der Waals surface area (Å²) in [5, 5.41) is 23.4. The fraction of sp³-hybridized carbons (Fsp3) is 0.0667. The van der Waals surface area contributed by atoms with E-state index in [1.165, 1.54) is 0 Å². The Morgan fingerprint density at radius 1 is 0.895 bits per heavy atom. The minimum Gasteiger partial charge on any atom is -0.507 e. The van der Waals surface area contributed by atoms with Gasteiger partial charge in [-0.15, -0.1) is 0 Å². The number of nitrogens with zero attached hydrogens (tertiary/aromatic N) is 2. The third-order valence-corrected chi connectivity index (χ3v) is 2.58. The van der Waals surface area contributed by atoms with Gasteiger partial charge in [-0.2, -0.15) is 0 Å². The van der Waals surface area contributed by atoms with Gasteiger partial charge in [-0.05, 0) is 29.4 Å². The molecule has 2 N–H and O–H groups in total. The van der Waals surface area contributed by atoms with Crippen molar-refractivity contribution in [3.63, 3.8) is 0 Å². The molecule has 2 aromatic carbocycles. The Kier molecular flexibility index (Phi) is 3.93. The third-order valence-electron chi connectivity index (χ3n) is 2.58. The monoisotopic (exact) mass is 255 g/mol. The van der Waals surface area contributed by atoms with E-state index in [1.807, 2.05) is 12.1 Å². The van der Waals surface area contributed by atoms with Crippen molar-refractivity contribution >= 4 is 12.4 Å². The maximum Gasteiger partial charge on any atom is 0.206 e. The van der Waals surface area contributed by atoms with Gasteiger partial charge in [0.15, 0.2) is 7.05 Å². The van der Waals surface area contributed by atoms with Crippen LogP contribution in [0.3, 0.4) is 0 Å². The number of hydrogen-bond acceptors (Lipinski definition) is 3. The zero-order valence-electron chi connectivity index (χ0n) is 10.6. The van der Waals surface area contributed by atoms with Gasteiger partial charge in [-0.1, -0.05) is 28.9 Å². The van der Waals surface area contributed by atoms with Crippen LogP contribution in [0, 0.1) is 0 Å². The first-order chi connectivity index (χ1) is 9.16. The van der Waals surface area contributed by atoms with Gasteiger partial charge < -0.3 is 10.2 Å². The number of rotatable bonds is 3. The molecule has 96 valence electrons. The molecule has 0 aliphatic rings. The van der Waals surface area contributed by atoms with Crippen molar-refractivity contribution in [2.24, 2.45) is 5.10 Å². The summed E-state index contributed by atoms with van der Waals surface area (Å²) < 4.78 is 1.57. The summed E-state index contributed by atoms with van der Waals surface area (Å²) in [5.41, 5.74) is 1.32. The minimum absolute atomic E-state index is 0.183. The fourth-order valence-electron chi connectivity index (χ4n) is 1.58. The maximum atomic E-state index is 9.64. The Morgan fingerprint density at radius 2 is 1.42 bits per heavy atom. The predicted molar refractivity (Wildman–Crippen MR) is 75.2 cm³/mol. The molecule has 0 aliphatic carbocycles. The van der Waals surface area contributed by atoms with Gasteiger partial charge in [-0.3, -0.25) is 0 Å². The highest BCUT2D eigenvalue weighted by molar-refractivity contribution is 5.83. The predicted octanol–water partition coefficient (Wildman–Crippen LogP) is 2.19. The SMILES string of the molecule is C[N+](=C/c1ccccc1O)/N=C\c1ccccc1O. The van der Waals surface area contributed by atoms with E-state index in [0.29, 0.717) is 11.1 Å². The van der Waals surface area contributed by atoms with Gasteiger partial charge in [0.2, 0.25) is 6.21 Å². The van der Waals surface area contributed by atoms with Gasteiger partial charge in [0.25, 0.3) is 0 Å². The van der Waals surface area contributed by atoms with E-state index < -0.39 is 0 Å². The highest BCUT2D eigenvalue weighted by Crippen LogP contribution is 2.13. The van der Waals surface area contributed by atoms with Gasteiger partial charge in [-0.25, -0.2) is 0 Å². The smallest absolute Gasteiger partial charge is 0.206 e. The fourth-order valence-corrected chi connectivity index (χ4v) is 1.58. The average molecular weight is 255 g/mol.